The molecule has 192 valence electrons. The summed E-state index contributed by atoms with van der Waals surface area (Å²) in [5.74, 6) is 1.95. The van der Waals surface area contributed by atoms with Gasteiger partial charge in [-0.1, -0.05) is 42.0 Å². The highest BCUT2D eigenvalue weighted by Crippen LogP contribution is 2.39. The van der Waals surface area contributed by atoms with E-state index in [4.69, 9.17) is 10.1 Å². The monoisotopic (exact) mass is 497 g/mol. The summed E-state index contributed by atoms with van der Waals surface area (Å²) in [5.41, 5.74) is 4.91. The normalized spacial score (nSPS) is 20.7. The highest BCUT2D eigenvalue weighted by Gasteiger charge is 2.45. The van der Waals surface area contributed by atoms with E-state index in [0.717, 1.165) is 17.8 Å². The van der Waals surface area contributed by atoms with Gasteiger partial charge in [0.05, 0.1) is 18.6 Å². The molecule has 1 fully saturated rings. The molecule has 0 spiro atoms. The van der Waals surface area contributed by atoms with Crippen molar-refractivity contribution in [1.29, 1.82) is 0 Å². The number of amides is 1. The number of aliphatic imine (C=N–C) groups is 1. The van der Waals surface area contributed by atoms with Crippen LogP contribution in [0.2, 0.25) is 0 Å². The highest BCUT2D eigenvalue weighted by atomic mass is 16.2. The maximum Gasteiger partial charge on any atom is 0.267 e. The standard InChI is InChI=1S/C29H35N7O/c1-19-8-14-22(15-9-19)30-25-24-26(35-18-29(2,3)31-28(35)34(5)27(24)37)32-36(25)17-20-10-12-21(13-11-20)23-7-6-16-33(23)4/h8-15,23,30H,6-7,16-18H2,1-5H3. The molecule has 4 heterocycles. The molecule has 3 aromatic rings. The minimum absolute atomic E-state index is 0.0943. The molecule has 2 aromatic carbocycles. The molecule has 0 radical (unpaired) electrons. The van der Waals surface area contributed by atoms with Crippen LogP contribution in [-0.4, -0.2) is 64.2 Å². The molecule has 8 nitrogen and oxygen atoms in total. The molecule has 8 heteroatoms. The molecule has 1 unspecified atom stereocenters. The first-order chi connectivity index (χ1) is 17.7. The van der Waals surface area contributed by atoms with E-state index in [0.29, 0.717) is 42.3 Å². The van der Waals surface area contributed by atoms with E-state index in [1.54, 1.807) is 11.9 Å². The molecule has 0 bridgehead atoms. The molecule has 3 aliphatic heterocycles. The summed E-state index contributed by atoms with van der Waals surface area (Å²) in [5, 5.41) is 8.53. The van der Waals surface area contributed by atoms with Crippen LogP contribution in [0.1, 0.15) is 59.8 Å². The van der Waals surface area contributed by atoms with Gasteiger partial charge in [0.15, 0.2) is 5.82 Å². The molecule has 1 amide bonds. The first kappa shape index (κ1) is 23.7. The molecule has 1 aromatic heterocycles. The number of guanidine groups is 1. The van der Waals surface area contributed by atoms with Gasteiger partial charge in [0.1, 0.15) is 11.4 Å². The zero-order valence-corrected chi connectivity index (χ0v) is 22.3. The summed E-state index contributed by atoms with van der Waals surface area (Å²) >= 11 is 0. The molecular formula is C29H35N7O. The van der Waals surface area contributed by atoms with Gasteiger partial charge in [0.25, 0.3) is 5.91 Å². The molecule has 1 N–H and O–H groups in total. The molecule has 1 saturated heterocycles. The van der Waals surface area contributed by atoms with Crippen LogP contribution in [0.15, 0.2) is 53.5 Å². The molecule has 1 atom stereocenters. The van der Waals surface area contributed by atoms with Crippen molar-refractivity contribution in [2.24, 2.45) is 4.99 Å². The van der Waals surface area contributed by atoms with Crippen LogP contribution in [0.3, 0.4) is 0 Å². The van der Waals surface area contributed by atoms with Gasteiger partial charge in [-0.3, -0.25) is 19.5 Å². The number of anilines is 3. The molecular weight excluding hydrogens is 462 g/mol. The Morgan fingerprint density at radius 1 is 1.05 bits per heavy atom. The number of aromatic nitrogens is 2. The van der Waals surface area contributed by atoms with Gasteiger partial charge in [-0.25, -0.2) is 9.67 Å². The maximum atomic E-state index is 13.6. The fourth-order valence-corrected chi connectivity index (χ4v) is 5.71. The average molecular weight is 498 g/mol. The Morgan fingerprint density at radius 2 is 1.78 bits per heavy atom. The predicted molar refractivity (Wildman–Crippen MR) is 148 cm³/mol. The van der Waals surface area contributed by atoms with E-state index in [1.807, 2.05) is 16.8 Å². The van der Waals surface area contributed by atoms with Crippen LogP contribution < -0.4 is 10.2 Å². The number of nitrogens with one attached hydrogen (secondary N) is 1. The highest BCUT2D eigenvalue weighted by molar-refractivity contribution is 6.20. The fourth-order valence-electron chi connectivity index (χ4n) is 5.71. The van der Waals surface area contributed by atoms with Crippen molar-refractivity contribution in [2.45, 2.75) is 51.7 Å². The smallest absolute Gasteiger partial charge is 0.267 e. The van der Waals surface area contributed by atoms with Crippen molar-refractivity contribution in [3.05, 3.63) is 70.8 Å². The number of hydrogen-bond donors (Lipinski definition) is 1. The lowest BCUT2D eigenvalue weighted by atomic mass is 10.0. The molecule has 37 heavy (non-hydrogen) atoms. The molecule has 3 aliphatic rings. The quantitative estimate of drug-likeness (QED) is 0.549. The van der Waals surface area contributed by atoms with E-state index < -0.39 is 0 Å². The number of likely N-dealkylation sites (tertiary alicyclic amines) is 1. The molecule has 0 saturated carbocycles. The van der Waals surface area contributed by atoms with Gasteiger partial charge in [-0.15, -0.1) is 0 Å². The van der Waals surface area contributed by atoms with Gasteiger partial charge in [-0.2, -0.15) is 5.10 Å². The SMILES string of the molecule is Cc1ccc(Nc2c3c(nn2Cc2ccc(C4CCCN4C)cc2)N2CC(C)(C)N=C2N(C)C3=O)cc1. The number of rotatable bonds is 5. The van der Waals surface area contributed by atoms with Crippen molar-refractivity contribution < 1.29 is 4.79 Å². The second kappa shape index (κ2) is 8.73. The Morgan fingerprint density at radius 3 is 2.46 bits per heavy atom. The van der Waals surface area contributed by atoms with Crippen LogP contribution in [0.4, 0.5) is 17.3 Å². The van der Waals surface area contributed by atoms with Crippen LogP contribution in [0.5, 0.6) is 0 Å². The van der Waals surface area contributed by atoms with Gasteiger partial charge in [-0.05, 0) is 70.5 Å². The number of carbonyl (C=O) groups excluding carboxylic acids is 1. The second-order valence-corrected chi connectivity index (χ2v) is 11.3. The van der Waals surface area contributed by atoms with Crippen LogP contribution >= 0.6 is 0 Å². The summed E-state index contributed by atoms with van der Waals surface area (Å²) in [6, 6.07) is 17.6. The number of carbonyl (C=O) groups is 1. The minimum atomic E-state index is -0.289. The maximum absolute atomic E-state index is 13.6. The summed E-state index contributed by atoms with van der Waals surface area (Å²) in [6.45, 7) is 8.63. The minimum Gasteiger partial charge on any atom is -0.340 e. The summed E-state index contributed by atoms with van der Waals surface area (Å²) in [6.07, 6.45) is 2.45. The summed E-state index contributed by atoms with van der Waals surface area (Å²) < 4.78 is 1.93. The Labute approximate surface area is 218 Å². The summed E-state index contributed by atoms with van der Waals surface area (Å²) in [4.78, 5) is 24.6. The first-order valence-corrected chi connectivity index (χ1v) is 13.1. The van der Waals surface area contributed by atoms with E-state index in [1.165, 1.54) is 24.0 Å². The van der Waals surface area contributed by atoms with Crippen molar-refractivity contribution in [3.8, 4) is 0 Å². The number of aryl methyl sites for hydroxylation is 1. The van der Waals surface area contributed by atoms with Crippen molar-refractivity contribution in [2.75, 3.05) is 37.4 Å². The van der Waals surface area contributed by atoms with Gasteiger partial charge < -0.3 is 5.32 Å². The van der Waals surface area contributed by atoms with E-state index in [9.17, 15) is 4.79 Å². The fraction of sp³-hybridized carbons (Fsp3) is 0.414. The van der Waals surface area contributed by atoms with Gasteiger partial charge >= 0.3 is 0 Å². The lowest BCUT2D eigenvalue weighted by molar-refractivity contribution is 0.0866. The second-order valence-electron chi connectivity index (χ2n) is 11.3. The van der Waals surface area contributed by atoms with Crippen LogP contribution in [0.25, 0.3) is 0 Å². The molecule has 6 rings (SSSR count). The number of nitrogens with zero attached hydrogens (tertiary/aromatic N) is 6. The zero-order chi connectivity index (χ0) is 25.9. The Hall–Kier alpha value is -3.65. The zero-order valence-electron chi connectivity index (χ0n) is 22.3. The first-order valence-electron chi connectivity index (χ1n) is 13.1. The third-order valence-corrected chi connectivity index (χ3v) is 7.73. The lowest BCUT2D eigenvalue weighted by Crippen LogP contribution is -2.48. The number of benzene rings is 2. The molecule has 0 aliphatic carbocycles. The lowest BCUT2D eigenvalue weighted by Gasteiger charge is -2.30. The van der Waals surface area contributed by atoms with Gasteiger partial charge in [0.2, 0.25) is 5.96 Å². The van der Waals surface area contributed by atoms with Crippen molar-refractivity contribution in [3.63, 3.8) is 0 Å². The topological polar surface area (TPSA) is 69.0 Å². The Balaban J connectivity index is 1.39. The van der Waals surface area contributed by atoms with E-state index >= 15 is 0 Å². The van der Waals surface area contributed by atoms with E-state index in [2.05, 4.69) is 79.3 Å². The third-order valence-electron chi connectivity index (χ3n) is 7.73. The predicted octanol–water partition coefficient (Wildman–Crippen LogP) is 4.79. The average Bonchev–Trinajstić information content (AvgIpc) is 3.55. The van der Waals surface area contributed by atoms with Crippen LogP contribution in [-0.2, 0) is 6.54 Å². The third kappa shape index (κ3) is 4.19. The summed E-state index contributed by atoms with van der Waals surface area (Å²) in [7, 11) is 4.00. The van der Waals surface area contributed by atoms with Gasteiger partial charge in [0, 0.05) is 18.8 Å². The van der Waals surface area contributed by atoms with Crippen LogP contribution in [0, 0.1) is 6.92 Å². The van der Waals surface area contributed by atoms with Crippen molar-refractivity contribution >= 4 is 29.2 Å². The number of hydrogen-bond acceptors (Lipinski definition) is 6. The van der Waals surface area contributed by atoms with Crippen molar-refractivity contribution in [1.82, 2.24) is 19.6 Å². The number of fused-ring (bicyclic) bond motifs is 3. The van der Waals surface area contributed by atoms with E-state index in [-0.39, 0.29) is 11.4 Å². The largest absolute Gasteiger partial charge is 0.340 e. The Kier molecular flexibility index (Phi) is 5.60. The Bertz CT molecular complexity index is 1370.